The highest BCUT2D eigenvalue weighted by Crippen LogP contribution is 2.27. The predicted molar refractivity (Wildman–Crippen MR) is 77.0 cm³/mol. The first-order valence-electron chi connectivity index (χ1n) is 6.80. The van der Waals surface area contributed by atoms with E-state index in [9.17, 15) is 9.90 Å². The lowest BCUT2D eigenvalue weighted by molar-refractivity contribution is -0.106. The molecule has 20 heavy (non-hydrogen) atoms. The van der Waals surface area contributed by atoms with Gasteiger partial charge < -0.3 is 5.11 Å². The van der Waals surface area contributed by atoms with Crippen molar-refractivity contribution in [3.63, 3.8) is 0 Å². The Morgan fingerprint density at radius 1 is 1.50 bits per heavy atom. The van der Waals surface area contributed by atoms with E-state index in [-0.39, 0.29) is 5.56 Å². The molecule has 7 heteroatoms. The molecule has 0 unspecified atom stereocenters. The van der Waals surface area contributed by atoms with Crippen LogP contribution in [0.5, 0.6) is 0 Å². The molecule has 0 bridgehead atoms. The second kappa shape index (κ2) is 4.91. The molecule has 0 saturated carbocycles. The summed E-state index contributed by atoms with van der Waals surface area (Å²) in [6.07, 6.45) is 1.83. The lowest BCUT2D eigenvalue weighted by Gasteiger charge is -2.46. The van der Waals surface area contributed by atoms with Gasteiger partial charge in [-0.05, 0) is 13.3 Å². The largest absolute Gasteiger partial charge is 0.387 e. The van der Waals surface area contributed by atoms with E-state index in [2.05, 4.69) is 21.9 Å². The number of likely N-dealkylation sites (tertiary alicyclic amines) is 1. The van der Waals surface area contributed by atoms with Gasteiger partial charge in [-0.25, -0.2) is 4.98 Å². The van der Waals surface area contributed by atoms with Crippen molar-refractivity contribution in [2.24, 2.45) is 0 Å². The van der Waals surface area contributed by atoms with Crippen LogP contribution in [0.15, 0.2) is 10.9 Å². The Balaban J connectivity index is 1.74. The molecule has 1 fully saturated rings. The highest BCUT2D eigenvalue weighted by atomic mass is 32.1. The molecule has 6 nitrogen and oxygen atoms in total. The summed E-state index contributed by atoms with van der Waals surface area (Å²) in [5, 5.41) is 15.3. The standard InChI is InChI=1S/C13H18N4O2S/c1-3-4-13(19)7-16(8-13)6-10-15-17-11(18)5-9(2)14-12(17)20-10/h5,19H,3-4,6-8H2,1-2H3. The lowest BCUT2D eigenvalue weighted by Crippen LogP contribution is -2.60. The number of rotatable bonds is 4. The van der Waals surface area contributed by atoms with Crippen LogP contribution in [-0.2, 0) is 6.54 Å². The molecule has 0 atom stereocenters. The van der Waals surface area contributed by atoms with Gasteiger partial charge >= 0.3 is 0 Å². The Bertz CT molecular complexity index is 687. The number of nitrogens with zero attached hydrogens (tertiary/aromatic N) is 4. The molecule has 2 aromatic heterocycles. The number of fused-ring (bicyclic) bond motifs is 1. The van der Waals surface area contributed by atoms with Gasteiger partial charge in [-0.2, -0.15) is 9.61 Å². The number of hydrogen-bond donors (Lipinski definition) is 1. The Morgan fingerprint density at radius 3 is 2.95 bits per heavy atom. The molecule has 1 aliphatic rings. The van der Waals surface area contributed by atoms with Crippen LogP contribution < -0.4 is 5.56 Å². The van der Waals surface area contributed by atoms with E-state index in [0.717, 1.165) is 17.8 Å². The van der Waals surface area contributed by atoms with Crippen molar-refractivity contribution in [3.05, 3.63) is 27.1 Å². The summed E-state index contributed by atoms with van der Waals surface area (Å²) in [5.74, 6) is 0. The van der Waals surface area contributed by atoms with Crippen molar-refractivity contribution >= 4 is 16.3 Å². The average Bonchev–Trinajstić information content (AvgIpc) is 2.70. The minimum absolute atomic E-state index is 0.138. The van der Waals surface area contributed by atoms with Crippen LogP contribution in [0.25, 0.3) is 4.96 Å². The Hall–Kier alpha value is -1.31. The van der Waals surface area contributed by atoms with Gasteiger partial charge in [-0.3, -0.25) is 9.69 Å². The molecule has 3 rings (SSSR count). The van der Waals surface area contributed by atoms with Crippen molar-refractivity contribution in [3.8, 4) is 0 Å². The lowest BCUT2D eigenvalue weighted by atomic mass is 9.89. The van der Waals surface area contributed by atoms with Gasteiger partial charge in [-0.15, -0.1) is 0 Å². The quantitative estimate of drug-likeness (QED) is 0.903. The third-order valence-corrected chi connectivity index (χ3v) is 4.42. The van der Waals surface area contributed by atoms with E-state index in [1.54, 1.807) is 6.92 Å². The molecular formula is C13H18N4O2S. The van der Waals surface area contributed by atoms with Gasteiger partial charge in [0.05, 0.1) is 12.1 Å². The third-order valence-electron chi connectivity index (χ3n) is 3.53. The second-order valence-corrected chi connectivity index (χ2v) is 6.59. The molecule has 0 spiro atoms. The first-order valence-corrected chi connectivity index (χ1v) is 7.62. The summed E-state index contributed by atoms with van der Waals surface area (Å²) < 4.78 is 1.35. The second-order valence-electron chi connectivity index (χ2n) is 5.55. The van der Waals surface area contributed by atoms with Crippen LogP contribution in [0.4, 0.5) is 0 Å². The average molecular weight is 294 g/mol. The fraction of sp³-hybridized carbons (Fsp3) is 0.615. The van der Waals surface area contributed by atoms with Crippen molar-refractivity contribution in [2.45, 2.75) is 38.8 Å². The van der Waals surface area contributed by atoms with E-state index in [0.29, 0.717) is 30.3 Å². The molecule has 108 valence electrons. The van der Waals surface area contributed by atoms with E-state index < -0.39 is 5.60 Å². The highest BCUT2D eigenvalue weighted by Gasteiger charge is 2.40. The van der Waals surface area contributed by atoms with E-state index in [1.807, 2.05) is 0 Å². The molecular weight excluding hydrogens is 276 g/mol. The fourth-order valence-corrected chi connectivity index (χ4v) is 3.72. The van der Waals surface area contributed by atoms with Crippen LogP contribution in [0.3, 0.4) is 0 Å². The van der Waals surface area contributed by atoms with Crippen LogP contribution in [0.1, 0.15) is 30.5 Å². The molecule has 1 N–H and O–H groups in total. The number of aryl methyl sites for hydroxylation is 1. The maximum atomic E-state index is 11.8. The van der Waals surface area contributed by atoms with E-state index in [1.165, 1.54) is 21.9 Å². The molecule has 0 aromatic carbocycles. The summed E-state index contributed by atoms with van der Waals surface area (Å²) in [5.41, 5.74) is 0.0458. The van der Waals surface area contributed by atoms with Crippen LogP contribution in [0, 0.1) is 6.92 Å². The minimum Gasteiger partial charge on any atom is -0.387 e. The SMILES string of the molecule is CCCC1(O)CN(Cc2nn3c(=O)cc(C)nc3s2)C1. The maximum absolute atomic E-state index is 11.8. The molecule has 3 heterocycles. The van der Waals surface area contributed by atoms with Crippen molar-refractivity contribution in [1.82, 2.24) is 19.5 Å². The third kappa shape index (κ3) is 2.48. The minimum atomic E-state index is -0.531. The summed E-state index contributed by atoms with van der Waals surface area (Å²) in [6.45, 7) is 5.91. The summed E-state index contributed by atoms with van der Waals surface area (Å²) in [4.78, 5) is 18.9. The summed E-state index contributed by atoms with van der Waals surface area (Å²) >= 11 is 1.43. The van der Waals surface area contributed by atoms with Gasteiger partial charge in [-0.1, -0.05) is 24.7 Å². The first kappa shape index (κ1) is 13.7. The van der Waals surface area contributed by atoms with Gasteiger partial charge in [0.25, 0.3) is 5.56 Å². The number of β-amino-alcohol motifs (C(OH)–C–C–N with tert-alkyl or cyclic N) is 1. The zero-order chi connectivity index (χ0) is 14.3. The van der Waals surface area contributed by atoms with Crippen LogP contribution in [-0.4, -0.2) is 43.3 Å². The normalized spacial score (nSPS) is 18.4. The van der Waals surface area contributed by atoms with Gasteiger partial charge in [0, 0.05) is 24.8 Å². The molecule has 0 radical (unpaired) electrons. The Morgan fingerprint density at radius 2 is 2.25 bits per heavy atom. The number of hydrogen-bond acceptors (Lipinski definition) is 6. The van der Waals surface area contributed by atoms with Crippen molar-refractivity contribution in [2.75, 3.05) is 13.1 Å². The van der Waals surface area contributed by atoms with E-state index in [4.69, 9.17) is 0 Å². The smallest absolute Gasteiger partial charge is 0.275 e. The number of aromatic nitrogens is 3. The predicted octanol–water partition coefficient (Wildman–Crippen LogP) is 0.806. The van der Waals surface area contributed by atoms with Crippen LogP contribution in [0.2, 0.25) is 0 Å². The molecule has 0 amide bonds. The van der Waals surface area contributed by atoms with Crippen LogP contribution >= 0.6 is 11.3 Å². The molecule has 0 aliphatic carbocycles. The fourth-order valence-electron chi connectivity index (χ4n) is 2.74. The molecule has 2 aromatic rings. The first-order chi connectivity index (χ1) is 9.49. The van der Waals surface area contributed by atoms with E-state index >= 15 is 0 Å². The van der Waals surface area contributed by atoms with Gasteiger partial charge in [0.15, 0.2) is 0 Å². The number of aliphatic hydroxyl groups is 1. The molecule has 1 aliphatic heterocycles. The zero-order valence-electron chi connectivity index (χ0n) is 11.7. The maximum Gasteiger partial charge on any atom is 0.275 e. The Labute approximate surface area is 120 Å². The summed E-state index contributed by atoms with van der Waals surface area (Å²) in [6, 6.07) is 1.49. The Kier molecular flexibility index (Phi) is 3.35. The zero-order valence-corrected chi connectivity index (χ0v) is 12.5. The van der Waals surface area contributed by atoms with Gasteiger partial charge in [0.1, 0.15) is 5.01 Å². The highest BCUT2D eigenvalue weighted by molar-refractivity contribution is 7.16. The topological polar surface area (TPSA) is 70.7 Å². The summed E-state index contributed by atoms with van der Waals surface area (Å²) in [7, 11) is 0. The monoisotopic (exact) mass is 294 g/mol. The van der Waals surface area contributed by atoms with Gasteiger partial charge in [0.2, 0.25) is 4.96 Å². The van der Waals surface area contributed by atoms with Crippen molar-refractivity contribution in [1.29, 1.82) is 0 Å². The molecule has 1 saturated heterocycles. The van der Waals surface area contributed by atoms with Crippen molar-refractivity contribution < 1.29 is 5.11 Å².